The minimum atomic E-state index is 0.669. The molecule has 1 rings (SSSR count). The summed E-state index contributed by atoms with van der Waals surface area (Å²) in [4.78, 5) is 2.56. The van der Waals surface area contributed by atoms with Gasteiger partial charge in [0.1, 0.15) is 0 Å². The summed E-state index contributed by atoms with van der Waals surface area (Å²) in [5, 5.41) is 0. The van der Waals surface area contributed by atoms with Gasteiger partial charge in [-0.15, -0.1) is 0 Å². The van der Waals surface area contributed by atoms with Gasteiger partial charge in [-0.2, -0.15) is 0 Å². The zero-order valence-corrected chi connectivity index (χ0v) is 13.8. The van der Waals surface area contributed by atoms with Gasteiger partial charge in [-0.3, -0.25) is 4.90 Å². The van der Waals surface area contributed by atoms with Crippen molar-refractivity contribution in [3.8, 4) is 0 Å². The minimum absolute atomic E-state index is 0.669. The maximum atomic E-state index is 5.44. The van der Waals surface area contributed by atoms with Crippen molar-refractivity contribution in [2.24, 2.45) is 5.92 Å². The Hall–Kier alpha value is 0.480. The van der Waals surface area contributed by atoms with Crippen LogP contribution in [0.2, 0.25) is 0 Å². The first-order chi connectivity index (χ1) is 8.21. The molecule has 2 nitrogen and oxygen atoms in total. The Balaban J connectivity index is 2.44. The van der Waals surface area contributed by atoms with Crippen molar-refractivity contribution in [2.45, 2.75) is 33.2 Å². The summed E-state index contributed by atoms with van der Waals surface area (Å²) in [7, 11) is 1.45. The summed E-state index contributed by atoms with van der Waals surface area (Å²) in [6.07, 6.45) is 7.78. The maximum Gasteiger partial charge on any atom is 0.0664 e. The van der Waals surface area contributed by atoms with E-state index in [1.165, 1.54) is 21.2 Å². The van der Waals surface area contributed by atoms with E-state index >= 15 is 0 Å². The van der Waals surface area contributed by atoms with Gasteiger partial charge in [0, 0.05) is 40.3 Å². The summed E-state index contributed by atoms with van der Waals surface area (Å²) in [6.45, 7) is 9.61. The smallest absolute Gasteiger partial charge is 0.0664 e. The van der Waals surface area contributed by atoms with Crippen LogP contribution in [0.5, 0.6) is 0 Å². The van der Waals surface area contributed by atoms with Gasteiger partial charge in [0.15, 0.2) is 0 Å². The number of hydrogen-bond acceptors (Lipinski definition) is 3. The molecule has 1 heterocycles. The second-order valence-electron chi connectivity index (χ2n) is 4.59. The Morgan fingerprint density at radius 3 is 2.88 bits per heavy atom. The fourth-order valence-corrected chi connectivity index (χ4v) is 3.05. The van der Waals surface area contributed by atoms with Crippen molar-refractivity contribution in [1.82, 2.24) is 4.90 Å². The molecule has 0 aromatic heterocycles. The lowest BCUT2D eigenvalue weighted by Gasteiger charge is -2.21. The molecular formula is C13H22INOS. The summed E-state index contributed by atoms with van der Waals surface area (Å²) < 4.78 is 5.44. The predicted molar refractivity (Wildman–Crippen MR) is 85.3 cm³/mol. The molecule has 2 atom stereocenters. The molecule has 0 N–H and O–H groups in total. The fourth-order valence-electron chi connectivity index (χ4n) is 2.37. The summed E-state index contributed by atoms with van der Waals surface area (Å²) >= 11 is 2.18. The molecule has 1 aliphatic rings. The second-order valence-corrected chi connectivity index (χ2v) is 6.03. The first kappa shape index (κ1) is 15.5. The molecule has 0 aromatic carbocycles. The monoisotopic (exact) mass is 367 g/mol. The molecule has 0 saturated carbocycles. The lowest BCUT2D eigenvalue weighted by molar-refractivity contribution is 0.266. The normalized spacial score (nSPS) is 27.2. The standard InChI is InChI=1S/C13H22INOS/c1-4-6-12(5-2)8-15-9-13(7-11(15)3)10-16-17-14/h4-6,11,13H,7-10H2,1-3H3/b6-4-,12-5+. The van der Waals surface area contributed by atoms with Crippen molar-refractivity contribution in [2.75, 3.05) is 19.7 Å². The zero-order chi connectivity index (χ0) is 12.7. The molecule has 1 aliphatic heterocycles. The number of rotatable bonds is 6. The number of likely N-dealkylation sites (tertiary alicyclic amines) is 1. The van der Waals surface area contributed by atoms with E-state index < -0.39 is 0 Å². The maximum absolute atomic E-state index is 5.44. The molecule has 4 heteroatoms. The van der Waals surface area contributed by atoms with Crippen LogP contribution in [0.25, 0.3) is 0 Å². The van der Waals surface area contributed by atoms with Crippen molar-refractivity contribution in [1.29, 1.82) is 0 Å². The quantitative estimate of drug-likeness (QED) is 0.396. The topological polar surface area (TPSA) is 12.5 Å². The van der Waals surface area contributed by atoms with Gasteiger partial charge in [-0.1, -0.05) is 18.2 Å². The molecule has 1 fully saturated rings. The van der Waals surface area contributed by atoms with Crippen LogP contribution < -0.4 is 0 Å². The third kappa shape index (κ3) is 5.32. The van der Waals surface area contributed by atoms with E-state index in [-0.39, 0.29) is 0 Å². The van der Waals surface area contributed by atoms with E-state index in [1.807, 2.05) is 0 Å². The SMILES string of the molecule is C/C=C\C(=C/C)CN1CC(COSI)CC1C. The predicted octanol–water partition coefficient (Wildman–Crippen LogP) is 4.23. The average Bonchev–Trinajstić information content (AvgIpc) is 2.67. The van der Waals surface area contributed by atoms with Crippen LogP contribution in [-0.2, 0) is 4.18 Å². The summed E-state index contributed by atoms with van der Waals surface area (Å²) in [5.74, 6) is 0.691. The van der Waals surface area contributed by atoms with Crippen molar-refractivity contribution in [3.63, 3.8) is 0 Å². The van der Waals surface area contributed by atoms with Crippen molar-refractivity contribution >= 4 is 30.4 Å². The molecule has 0 aliphatic carbocycles. The highest BCUT2D eigenvalue weighted by Gasteiger charge is 2.29. The highest BCUT2D eigenvalue weighted by atomic mass is 127. The molecule has 17 heavy (non-hydrogen) atoms. The molecule has 98 valence electrons. The third-order valence-corrected chi connectivity index (χ3v) is 4.26. The Morgan fingerprint density at radius 1 is 1.53 bits per heavy atom. The number of halogens is 1. The molecule has 0 amide bonds. The second kappa shape index (κ2) is 8.56. The number of allylic oxidation sites excluding steroid dienone is 2. The Bertz CT molecular complexity index is 281. The van der Waals surface area contributed by atoms with Crippen LogP contribution in [0.3, 0.4) is 0 Å². The van der Waals surface area contributed by atoms with Gasteiger partial charge in [-0.05, 0) is 38.7 Å². The van der Waals surface area contributed by atoms with Crippen LogP contribution in [-0.4, -0.2) is 30.6 Å². The highest BCUT2D eigenvalue weighted by Crippen LogP contribution is 2.26. The average molecular weight is 367 g/mol. The summed E-state index contributed by atoms with van der Waals surface area (Å²) in [6, 6.07) is 0.669. The fraction of sp³-hybridized carbons (Fsp3) is 0.692. The molecule has 0 aromatic rings. The van der Waals surface area contributed by atoms with Gasteiger partial charge in [0.2, 0.25) is 0 Å². The molecule has 1 saturated heterocycles. The first-order valence-electron chi connectivity index (χ1n) is 6.13. The molecule has 2 unspecified atom stereocenters. The largest absolute Gasteiger partial charge is 0.305 e. The van der Waals surface area contributed by atoms with Crippen LogP contribution >= 0.6 is 30.4 Å². The van der Waals surface area contributed by atoms with Crippen LogP contribution in [0.4, 0.5) is 0 Å². The van der Waals surface area contributed by atoms with E-state index in [2.05, 4.69) is 65.1 Å². The molecular weight excluding hydrogens is 345 g/mol. The Morgan fingerprint density at radius 2 is 2.29 bits per heavy atom. The van der Waals surface area contributed by atoms with Gasteiger partial charge in [0.25, 0.3) is 0 Å². The Kier molecular flexibility index (Phi) is 7.82. The lowest BCUT2D eigenvalue weighted by atomic mass is 10.1. The number of nitrogens with zero attached hydrogens (tertiary/aromatic N) is 1. The van der Waals surface area contributed by atoms with E-state index in [9.17, 15) is 0 Å². The van der Waals surface area contributed by atoms with E-state index in [4.69, 9.17) is 4.18 Å². The first-order valence-corrected chi connectivity index (χ1v) is 9.41. The summed E-state index contributed by atoms with van der Waals surface area (Å²) in [5.41, 5.74) is 1.41. The highest BCUT2D eigenvalue weighted by molar-refractivity contribution is 14.2. The van der Waals surface area contributed by atoms with E-state index in [1.54, 1.807) is 0 Å². The van der Waals surface area contributed by atoms with Gasteiger partial charge in [-0.25, -0.2) is 0 Å². The lowest BCUT2D eigenvalue weighted by Crippen LogP contribution is -2.29. The molecule has 0 spiro atoms. The van der Waals surface area contributed by atoms with Crippen LogP contribution in [0.15, 0.2) is 23.8 Å². The van der Waals surface area contributed by atoms with Crippen LogP contribution in [0, 0.1) is 5.92 Å². The van der Waals surface area contributed by atoms with Crippen molar-refractivity contribution in [3.05, 3.63) is 23.8 Å². The Labute approximate surface area is 122 Å². The third-order valence-electron chi connectivity index (χ3n) is 3.28. The van der Waals surface area contributed by atoms with Gasteiger partial charge < -0.3 is 4.18 Å². The minimum Gasteiger partial charge on any atom is -0.305 e. The van der Waals surface area contributed by atoms with E-state index in [0.29, 0.717) is 12.0 Å². The van der Waals surface area contributed by atoms with Crippen LogP contribution in [0.1, 0.15) is 27.2 Å². The van der Waals surface area contributed by atoms with Crippen molar-refractivity contribution < 1.29 is 4.18 Å². The number of hydrogen-bond donors (Lipinski definition) is 0. The molecule has 0 radical (unpaired) electrons. The van der Waals surface area contributed by atoms with E-state index in [0.717, 1.165) is 19.7 Å². The molecule has 0 bridgehead atoms. The zero-order valence-electron chi connectivity index (χ0n) is 10.9. The van der Waals surface area contributed by atoms with Gasteiger partial charge in [0.05, 0.1) is 15.8 Å². The van der Waals surface area contributed by atoms with Gasteiger partial charge >= 0.3 is 0 Å².